The average molecular weight is 641 g/mol. The van der Waals surface area contributed by atoms with Crippen LogP contribution in [0.5, 0.6) is 5.75 Å². The van der Waals surface area contributed by atoms with E-state index in [2.05, 4.69) is 5.32 Å². The lowest BCUT2D eigenvalue weighted by molar-refractivity contribution is -0.122. The molecule has 1 fully saturated rings. The maximum Gasteiger partial charge on any atom is 0.308 e. The number of rotatable bonds is 6. The Morgan fingerprint density at radius 2 is 1.67 bits per heavy atom. The smallest absolute Gasteiger partial charge is 0.308 e. The number of hydrogen-bond acceptors (Lipinski definition) is 7. The van der Waals surface area contributed by atoms with E-state index >= 15 is 0 Å². The molecule has 2 aliphatic rings. The van der Waals surface area contributed by atoms with E-state index in [-0.39, 0.29) is 28.3 Å². The number of thiazole rings is 1. The Morgan fingerprint density at radius 1 is 0.952 bits per heavy atom. The van der Waals surface area contributed by atoms with Gasteiger partial charge in [-0.25, -0.2) is 4.90 Å². The number of fused-ring (bicyclic) bond motifs is 2. The molecule has 0 saturated carbocycles. The maximum absolute atomic E-state index is 14.0. The van der Waals surface area contributed by atoms with Crippen molar-refractivity contribution >= 4 is 75.4 Å². The fraction of sp³-hybridized carbons (Fsp3) is 0.200. The third-order valence-electron chi connectivity index (χ3n) is 7.32. The van der Waals surface area contributed by atoms with Gasteiger partial charge in [0.1, 0.15) is 17.5 Å². The number of anilines is 2. The summed E-state index contributed by atoms with van der Waals surface area (Å²) in [5.74, 6) is -1.79. The van der Waals surface area contributed by atoms with Crippen molar-refractivity contribution in [1.29, 1.82) is 0 Å². The van der Waals surface area contributed by atoms with Crippen LogP contribution in [-0.2, 0) is 20.9 Å². The highest BCUT2D eigenvalue weighted by atomic mass is 35.5. The number of aryl methyl sites for hydroxylation is 1. The lowest BCUT2D eigenvalue weighted by Crippen LogP contribution is -2.33. The summed E-state index contributed by atoms with van der Waals surface area (Å²) in [6.45, 7) is 1.65. The van der Waals surface area contributed by atoms with Gasteiger partial charge in [-0.15, -0.1) is 0 Å². The first-order valence-corrected chi connectivity index (χ1v) is 15.3. The van der Waals surface area contributed by atoms with Crippen molar-refractivity contribution in [3.63, 3.8) is 0 Å². The number of methoxy groups -OCH3 is 1. The van der Waals surface area contributed by atoms with Gasteiger partial charge in [0.25, 0.3) is 0 Å². The van der Waals surface area contributed by atoms with Crippen molar-refractivity contribution < 1.29 is 19.1 Å². The van der Waals surface area contributed by atoms with Crippen LogP contribution in [0, 0.1) is 12.8 Å². The molecule has 1 saturated heterocycles. The van der Waals surface area contributed by atoms with Crippen LogP contribution in [0.2, 0.25) is 10.0 Å². The zero-order valence-corrected chi connectivity index (χ0v) is 25.4. The van der Waals surface area contributed by atoms with E-state index in [1.54, 1.807) is 43.5 Å². The minimum absolute atomic E-state index is 0.283. The minimum Gasteiger partial charge on any atom is -0.497 e. The number of ether oxygens (including phenoxy) is 1. The summed E-state index contributed by atoms with van der Waals surface area (Å²) in [6, 6.07) is 19.2. The third kappa shape index (κ3) is 5.02. The molecule has 8 nitrogen and oxygen atoms in total. The van der Waals surface area contributed by atoms with Gasteiger partial charge in [0.2, 0.25) is 17.7 Å². The van der Waals surface area contributed by atoms with Gasteiger partial charge in [-0.2, -0.15) is 0 Å². The number of nitrogens with zero attached hydrogens (tertiary/aromatic N) is 2. The normalized spacial score (nSPS) is 19.4. The zero-order chi connectivity index (χ0) is 29.7. The number of nitrogens with one attached hydrogen (secondary N) is 1. The van der Waals surface area contributed by atoms with Gasteiger partial charge >= 0.3 is 4.87 Å². The van der Waals surface area contributed by atoms with Gasteiger partial charge in [-0.3, -0.25) is 23.7 Å². The number of thioether (sulfide) groups is 1. The number of carbonyl (C=O) groups is 3. The lowest BCUT2D eigenvalue weighted by atomic mass is 9.83. The molecule has 1 N–H and O–H groups in total. The highest BCUT2D eigenvalue weighted by molar-refractivity contribution is 8.00. The average Bonchev–Trinajstić information content (AvgIpc) is 3.41. The van der Waals surface area contributed by atoms with Crippen LogP contribution >= 0.6 is 46.3 Å². The fourth-order valence-corrected chi connectivity index (χ4v) is 8.36. The van der Waals surface area contributed by atoms with Gasteiger partial charge in [-0.05, 0) is 55.0 Å². The van der Waals surface area contributed by atoms with Crippen LogP contribution in [0.15, 0.2) is 76.6 Å². The first kappa shape index (κ1) is 28.5. The van der Waals surface area contributed by atoms with Crippen LogP contribution < -0.4 is 19.8 Å². The quantitative estimate of drug-likeness (QED) is 0.261. The van der Waals surface area contributed by atoms with Crippen molar-refractivity contribution in [2.45, 2.75) is 29.7 Å². The Kier molecular flexibility index (Phi) is 7.65. The van der Waals surface area contributed by atoms with E-state index < -0.39 is 23.0 Å². The number of carbonyl (C=O) groups excluding carboxylic acids is 3. The predicted molar refractivity (Wildman–Crippen MR) is 165 cm³/mol. The molecule has 0 bridgehead atoms. The molecule has 1 aromatic heterocycles. The van der Waals surface area contributed by atoms with Crippen LogP contribution in [0.3, 0.4) is 0 Å². The molecule has 2 aliphatic heterocycles. The molecule has 4 aromatic rings. The number of hydrogen-bond donors (Lipinski definition) is 1. The fourth-order valence-electron chi connectivity index (χ4n) is 5.29. The summed E-state index contributed by atoms with van der Waals surface area (Å²) in [5.41, 5.74) is 2.71. The van der Waals surface area contributed by atoms with Gasteiger partial charge in [0.15, 0.2) is 0 Å². The standard InChI is InChI=1S/C30H23Cl2N3O5S2/c1-15-3-8-18(9-4-15)35-27(37)24-23(16-5-10-19(40-2)11-6-16)26-29(41-25(24)28(35)38)34(30(39)42-26)14-22(36)33-17-7-12-20(31)21(32)13-17/h3-13,23-25H,14H2,1-2H3,(H,33,36)/t23-,24?,25?/m1/s1. The summed E-state index contributed by atoms with van der Waals surface area (Å²) in [7, 11) is 1.56. The second-order valence-electron chi connectivity index (χ2n) is 9.96. The van der Waals surface area contributed by atoms with Gasteiger partial charge in [0, 0.05) is 16.5 Å². The molecule has 3 atom stereocenters. The summed E-state index contributed by atoms with van der Waals surface area (Å²) in [4.78, 5) is 55.7. The third-order valence-corrected chi connectivity index (χ3v) is 10.7. The number of aromatic nitrogens is 1. The molecule has 3 amide bonds. The molecule has 42 heavy (non-hydrogen) atoms. The van der Waals surface area contributed by atoms with E-state index in [9.17, 15) is 19.2 Å². The Bertz CT molecular complexity index is 1790. The summed E-state index contributed by atoms with van der Waals surface area (Å²) >= 11 is 14.2. The molecule has 0 aliphatic carbocycles. The van der Waals surface area contributed by atoms with Gasteiger partial charge < -0.3 is 10.1 Å². The zero-order valence-electron chi connectivity index (χ0n) is 22.3. The number of amides is 3. The van der Waals surface area contributed by atoms with Crippen molar-refractivity contribution in [3.8, 4) is 5.75 Å². The molecular formula is C30H23Cl2N3O5S2. The van der Waals surface area contributed by atoms with Crippen LogP contribution in [0.4, 0.5) is 11.4 Å². The van der Waals surface area contributed by atoms with Crippen molar-refractivity contribution in [2.75, 3.05) is 17.3 Å². The highest BCUT2D eigenvalue weighted by Crippen LogP contribution is 2.54. The molecule has 2 unspecified atom stereocenters. The Balaban J connectivity index is 1.40. The largest absolute Gasteiger partial charge is 0.497 e. The monoisotopic (exact) mass is 639 g/mol. The highest BCUT2D eigenvalue weighted by Gasteiger charge is 2.56. The molecule has 3 heterocycles. The summed E-state index contributed by atoms with van der Waals surface area (Å²) < 4.78 is 6.69. The second kappa shape index (κ2) is 11.3. The minimum atomic E-state index is -0.781. The molecule has 0 spiro atoms. The summed E-state index contributed by atoms with van der Waals surface area (Å²) in [6.07, 6.45) is 0. The Labute approximate surface area is 259 Å². The molecule has 214 valence electrons. The molecular weight excluding hydrogens is 617 g/mol. The predicted octanol–water partition coefficient (Wildman–Crippen LogP) is 5.97. The number of halogens is 2. The van der Waals surface area contributed by atoms with Crippen molar-refractivity contribution in [2.24, 2.45) is 5.92 Å². The van der Waals surface area contributed by atoms with E-state index in [1.807, 2.05) is 31.2 Å². The maximum atomic E-state index is 14.0. The SMILES string of the molecule is COc1ccc([C@H]2c3sc(=O)n(CC(=O)Nc4ccc(Cl)c(Cl)c4)c3SC3C(=O)N(c4ccc(C)cc4)C(=O)C32)cc1. The van der Waals surface area contributed by atoms with E-state index in [0.717, 1.165) is 22.5 Å². The first-order chi connectivity index (χ1) is 20.2. The number of benzene rings is 3. The molecule has 6 rings (SSSR count). The first-order valence-electron chi connectivity index (χ1n) is 12.9. The van der Waals surface area contributed by atoms with E-state index in [4.69, 9.17) is 27.9 Å². The van der Waals surface area contributed by atoms with E-state index in [0.29, 0.717) is 32.1 Å². The second-order valence-corrected chi connectivity index (χ2v) is 12.9. The van der Waals surface area contributed by atoms with E-state index in [1.165, 1.54) is 27.3 Å². The van der Waals surface area contributed by atoms with Crippen LogP contribution in [-0.4, -0.2) is 34.6 Å². The Morgan fingerprint density at radius 3 is 2.33 bits per heavy atom. The topological polar surface area (TPSA) is 97.7 Å². The summed E-state index contributed by atoms with van der Waals surface area (Å²) in [5, 5.41) is 3.10. The Hall–Kier alpha value is -3.57. The van der Waals surface area contributed by atoms with Gasteiger partial charge in [-0.1, -0.05) is 76.1 Å². The van der Waals surface area contributed by atoms with Gasteiger partial charge in [0.05, 0.1) is 33.8 Å². The van der Waals surface area contributed by atoms with Crippen LogP contribution in [0.25, 0.3) is 0 Å². The lowest BCUT2D eigenvalue weighted by Gasteiger charge is -2.30. The molecule has 12 heteroatoms. The van der Waals surface area contributed by atoms with Crippen LogP contribution in [0.1, 0.15) is 21.9 Å². The van der Waals surface area contributed by atoms with Crippen molar-refractivity contribution in [3.05, 3.63) is 102 Å². The number of imide groups is 1. The molecule has 0 radical (unpaired) electrons. The molecule has 3 aromatic carbocycles. The van der Waals surface area contributed by atoms with Crippen molar-refractivity contribution in [1.82, 2.24) is 4.57 Å².